The second kappa shape index (κ2) is 6.15. The van der Waals surface area contributed by atoms with Gasteiger partial charge in [-0.15, -0.1) is 0 Å². The average molecular weight is 237 g/mol. The third kappa shape index (κ3) is 3.81. The van der Waals surface area contributed by atoms with E-state index in [1.165, 1.54) is 0 Å². The Hall–Kier alpha value is -0.890. The van der Waals surface area contributed by atoms with E-state index in [1.807, 2.05) is 20.9 Å². The normalized spacial score (nSPS) is 13.1. The molecule has 0 aliphatic heterocycles. The maximum absolute atomic E-state index is 14.0. The summed E-state index contributed by atoms with van der Waals surface area (Å²) in [4.78, 5) is 0. The zero-order valence-corrected chi connectivity index (χ0v) is 11.6. The van der Waals surface area contributed by atoms with Crippen molar-refractivity contribution in [3.8, 4) is 0 Å². The molecule has 0 heterocycles. The summed E-state index contributed by atoms with van der Waals surface area (Å²) in [6.07, 6.45) is 2.09. The Labute approximate surface area is 104 Å². The van der Waals surface area contributed by atoms with Crippen LogP contribution in [0.1, 0.15) is 49.4 Å². The third-order valence-corrected chi connectivity index (χ3v) is 3.21. The first-order valence-corrected chi connectivity index (χ1v) is 6.39. The van der Waals surface area contributed by atoms with Gasteiger partial charge in [0.1, 0.15) is 5.82 Å². The Kier molecular flexibility index (Phi) is 5.13. The van der Waals surface area contributed by atoms with Crippen molar-refractivity contribution < 1.29 is 4.39 Å². The van der Waals surface area contributed by atoms with Crippen molar-refractivity contribution in [2.75, 3.05) is 7.05 Å². The molecule has 0 fully saturated rings. The Bertz CT molecular complexity index is 348. The van der Waals surface area contributed by atoms with Crippen molar-refractivity contribution in [3.05, 3.63) is 34.6 Å². The monoisotopic (exact) mass is 237 g/mol. The summed E-state index contributed by atoms with van der Waals surface area (Å²) in [6, 6.07) is 3.80. The molecule has 2 heteroatoms. The Morgan fingerprint density at radius 3 is 2.29 bits per heavy atom. The zero-order chi connectivity index (χ0) is 13.0. The molecule has 1 aromatic rings. The summed E-state index contributed by atoms with van der Waals surface area (Å²) < 4.78 is 14.0. The molecule has 0 bridgehead atoms. The van der Waals surface area contributed by atoms with Gasteiger partial charge in [-0.25, -0.2) is 4.39 Å². The van der Waals surface area contributed by atoms with E-state index in [4.69, 9.17) is 0 Å². The van der Waals surface area contributed by atoms with E-state index in [0.29, 0.717) is 5.92 Å². The average Bonchev–Trinajstić information content (AvgIpc) is 2.21. The van der Waals surface area contributed by atoms with E-state index in [2.05, 4.69) is 25.2 Å². The van der Waals surface area contributed by atoms with Crippen LogP contribution in [0.15, 0.2) is 12.1 Å². The molecule has 1 rings (SSSR count). The predicted octanol–water partition coefficient (Wildman–Crippen LogP) is 4.14. The molecular formula is C15H24FN. The molecule has 0 aliphatic carbocycles. The molecule has 96 valence electrons. The van der Waals surface area contributed by atoms with E-state index in [1.54, 1.807) is 6.07 Å². The standard InChI is InChI=1S/C15H24FN/c1-10(2)6-7-14(17-5)15-12(4)8-11(3)9-13(15)16/h8-10,14,17H,6-7H2,1-5H3. The molecule has 0 saturated carbocycles. The number of rotatable bonds is 5. The first-order valence-electron chi connectivity index (χ1n) is 6.39. The van der Waals surface area contributed by atoms with Gasteiger partial charge in [0, 0.05) is 11.6 Å². The summed E-state index contributed by atoms with van der Waals surface area (Å²) in [6.45, 7) is 8.32. The van der Waals surface area contributed by atoms with Crippen molar-refractivity contribution in [2.45, 2.75) is 46.6 Å². The van der Waals surface area contributed by atoms with Gasteiger partial charge in [0.05, 0.1) is 0 Å². The van der Waals surface area contributed by atoms with Gasteiger partial charge >= 0.3 is 0 Å². The van der Waals surface area contributed by atoms with E-state index in [0.717, 1.165) is 29.5 Å². The van der Waals surface area contributed by atoms with Gasteiger partial charge in [-0.1, -0.05) is 19.9 Å². The zero-order valence-electron chi connectivity index (χ0n) is 11.6. The summed E-state index contributed by atoms with van der Waals surface area (Å²) in [5, 5.41) is 3.23. The van der Waals surface area contributed by atoms with Gasteiger partial charge in [0.25, 0.3) is 0 Å². The quantitative estimate of drug-likeness (QED) is 0.811. The molecule has 0 amide bonds. The summed E-state index contributed by atoms with van der Waals surface area (Å²) in [5.74, 6) is 0.574. The highest BCUT2D eigenvalue weighted by molar-refractivity contribution is 5.34. The van der Waals surface area contributed by atoms with Crippen LogP contribution in [-0.4, -0.2) is 7.05 Å². The lowest BCUT2D eigenvalue weighted by atomic mass is 9.93. The second-order valence-electron chi connectivity index (χ2n) is 5.29. The van der Waals surface area contributed by atoms with Gasteiger partial charge in [-0.05, 0) is 56.8 Å². The maximum atomic E-state index is 14.0. The molecule has 1 atom stereocenters. The maximum Gasteiger partial charge on any atom is 0.128 e. The van der Waals surface area contributed by atoms with Crippen molar-refractivity contribution in [3.63, 3.8) is 0 Å². The van der Waals surface area contributed by atoms with E-state index >= 15 is 0 Å². The molecule has 1 aromatic carbocycles. The van der Waals surface area contributed by atoms with Crippen LogP contribution in [-0.2, 0) is 0 Å². The number of benzene rings is 1. The van der Waals surface area contributed by atoms with Crippen LogP contribution in [0, 0.1) is 25.6 Å². The first-order chi connectivity index (χ1) is 7.95. The highest BCUT2D eigenvalue weighted by Gasteiger charge is 2.17. The van der Waals surface area contributed by atoms with Gasteiger partial charge in [-0.3, -0.25) is 0 Å². The lowest BCUT2D eigenvalue weighted by molar-refractivity contribution is 0.447. The molecular weight excluding hydrogens is 213 g/mol. The lowest BCUT2D eigenvalue weighted by Gasteiger charge is -2.21. The number of nitrogens with one attached hydrogen (secondary N) is 1. The molecule has 1 N–H and O–H groups in total. The molecule has 1 unspecified atom stereocenters. The van der Waals surface area contributed by atoms with Gasteiger partial charge < -0.3 is 5.32 Å². The second-order valence-corrected chi connectivity index (χ2v) is 5.29. The van der Waals surface area contributed by atoms with Crippen molar-refractivity contribution in [1.82, 2.24) is 5.32 Å². The molecule has 0 radical (unpaired) electrons. The predicted molar refractivity (Wildman–Crippen MR) is 71.7 cm³/mol. The number of hydrogen-bond donors (Lipinski definition) is 1. The van der Waals surface area contributed by atoms with Crippen molar-refractivity contribution >= 4 is 0 Å². The van der Waals surface area contributed by atoms with Gasteiger partial charge in [0.2, 0.25) is 0 Å². The highest BCUT2D eigenvalue weighted by Crippen LogP contribution is 2.27. The molecule has 17 heavy (non-hydrogen) atoms. The van der Waals surface area contributed by atoms with Crippen LogP contribution in [0.5, 0.6) is 0 Å². The Balaban J connectivity index is 2.95. The first kappa shape index (κ1) is 14.2. The highest BCUT2D eigenvalue weighted by atomic mass is 19.1. The lowest BCUT2D eigenvalue weighted by Crippen LogP contribution is -2.19. The van der Waals surface area contributed by atoms with Crippen LogP contribution in [0.3, 0.4) is 0 Å². The van der Waals surface area contributed by atoms with Gasteiger partial charge in [-0.2, -0.15) is 0 Å². The molecule has 0 spiro atoms. The van der Waals surface area contributed by atoms with Crippen LogP contribution in [0.4, 0.5) is 4.39 Å². The van der Waals surface area contributed by atoms with Crippen LogP contribution in [0.25, 0.3) is 0 Å². The Morgan fingerprint density at radius 2 is 1.82 bits per heavy atom. The number of aryl methyl sites for hydroxylation is 2. The third-order valence-electron chi connectivity index (χ3n) is 3.21. The molecule has 0 saturated heterocycles. The number of hydrogen-bond acceptors (Lipinski definition) is 1. The van der Waals surface area contributed by atoms with Gasteiger partial charge in [0.15, 0.2) is 0 Å². The summed E-state index contributed by atoms with van der Waals surface area (Å²) >= 11 is 0. The molecule has 0 aromatic heterocycles. The topological polar surface area (TPSA) is 12.0 Å². The summed E-state index contributed by atoms with van der Waals surface area (Å²) in [5.41, 5.74) is 2.87. The Morgan fingerprint density at radius 1 is 1.18 bits per heavy atom. The molecule has 1 nitrogen and oxygen atoms in total. The fourth-order valence-electron chi connectivity index (χ4n) is 2.30. The van der Waals surface area contributed by atoms with Crippen LogP contribution >= 0.6 is 0 Å². The van der Waals surface area contributed by atoms with Crippen LogP contribution in [0.2, 0.25) is 0 Å². The minimum Gasteiger partial charge on any atom is -0.313 e. The smallest absolute Gasteiger partial charge is 0.128 e. The van der Waals surface area contributed by atoms with Crippen molar-refractivity contribution in [2.24, 2.45) is 5.92 Å². The van der Waals surface area contributed by atoms with Crippen LogP contribution < -0.4 is 5.32 Å². The summed E-state index contributed by atoms with van der Waals surface area (Å²) in [7, 11) is 1.91. The van der Waals surface area contributed by atoms with E-state index < -0.39 is 0 Å². The fourth-order valence-corrected chi connectivity index (χ4v) is 2.30. The van der Waals surface area contributed by atoms with E-state index in [9.17, 15) is 4.39 Å². The SMILES string of the molecule is CNC(CCC(C)C)c1c(C)cc(C)cc1F. The minimum atomic E-state index is -0.0781. The molecule has 0 aliphatic rings. The number of halogens is 1. The minimum absolute atomic E-state index is 0.0781. The van der Waals surface area contributed by atoms with Crippen molar-refractivity contribution in [1.29, 1.82) is 0 Å². The largest absolute Gasteiger partial charge is 0.313 e. The fraction of sp³-hybridized carbons (Fsp3) is 0.600. The van der Waals surface area contributed by atoms with E-state index in [-0.39, 0.29) is 11.9 Å².